The zero-order valence-corrected chi connectivity index (χ0v) is 17.9. The summed E-state index contributed by atoms with van der Waals surface area (Å²) in [6.45, 7) is 4.85. The Labute approximate surface area is 181 Å². The molecule has 1 aromatic heterocycles. The van der Waals surface area contributed by atoms with Crippen LogP contribution in [0, 0.1) is 13.8 Å². The van der Waals surface area contributed by atoms with Crippen LogP contribution in [-0.2, 0) is 20.7 Å². The van der Waals surface area contributed by atoms with Crippen molar-refractivity contribution in [2.75, 3.05) is 13.2 Å². The van der Waals surface area contributed by atoms with E-state index in [1.807, 2.05) is 54.6 Å². The number of aromatic amines is 1. The van der Waals surface area contributed by atoms with Gasteiger partial charge < -0.3 is 14.5 Å². The number of H-pyrrole nitrogens is 1. The van der Waals surface area contributed by atoms with Crippen LogP contribution < -0.4 is 0 Å². The van der Waals surface area contributed by atoms with E-state index in [0.29, 0.717) is 11.4 Å². The van der Waals surface area contributed by atoms with Gasteiger partial charge in [0.1, 0.15) is 0 Å². The maximum atomic E-state index is 12.7. The number of benzene rings is 2. The lowest BCUT2D eigenvalue weighted by atomic mass is 10.0. The minimum absolute atomic E-state index is 0.0538. The topological polar surface area (TPSA) is 85.5 Å². The molecule has 31 heavy (non-hydrogen) atoms. The number of rotatable bonds is 8. The lowest BCUT2D eigenvalue weighted by molar-refractivity contribution is -0.141. The Kier molecular flexibility index (Phi) is 7.03. The van der Waals surface area contributed by atoms with E-state index in [1.165, 1.54) is 0 Å². The van der Waals surface area contributed by atoms with E-state index >= 15 is 0 Å². The fraction of sp³-hybridized carbons (Fsp3) is 0.240. The van der Waals surface area contributed by atoms with E-state index in [-0.39, 0.29) is 24.2 Å². The highest BCUT2D eigenvalue weighted by molar-refractivity contribution is 6.09. The molecule has 0 unspecified atom stereocenters. The van der Waals surface area contributed by atoms with Crippen molar-refractivity contribution in [2.24, 2.45) is 0 Å². The molecule has 0 spiro atoms. The molecule has 0 fully saturated rings. The predicted molar refractivity (Wildman–Crippen MR) is 117 cm³/mol. The molecule has 0 atom stereocenters. The van der Waals surface area contributed by atoms with Crippen LogP contribution >= 0.6 is 0 Å². The number of esters is 2. The first-order valence-electron chi connectivity index (χ1n) is 10.1. The molecule has 1 heterocycles. The van der Waals surface area contributed by atoms with Crippen molar-refractivity contribution in [2.45, 2.75) is 27.2 Å². The number of ether oxygens (including phenoxy) is 2. The van der Waals surface area contributed by atoms with Crippen molar-refractivity contribution in [1.29, 1.82) is 0 Å². The van der Waals surface area contributed by atoms with Gasteiger partial charge in [0.05, 0.1) is 24.2 Å². The molecule has 0 saturated carbocycles. The third-order valence-corrected chi connectivity index (χ3v) is 4.91. The van der Waals surface area contributed by atoms with Gasteiger partial charge in [0.15, 0.2) is 6.61 Å². The predicted octanol–water partition coefficient (Wildman–Crippen LogP) is 4.44. The standard InChI is InChI=1S/C25H25NO5/c1-4-30-25(29)24-17(3)26-16(2)23(24)21(27)15-31-22(28)14-18-10-12-20(13-11-18)19-8-6-5-7-9-19/h5-13,26H,4,14-15H2,1-3H3. The number of nitrogens with one attached hydrogen (secondary N) is 1. The Morgan fingerprint density at radius 2 is 1.42 bits per heavy atom. The first-order chi connectivity index (χ1) is 14.9. The highest BCUT2D eigenvalue weighted by Crippen LogP contribution is 2.21. The average Bonchev–Trinajstić information content (AvgIpc) is 3.07. The zero-order valence-electron chi connectivity index (χ0n) is 17.9. The summed E-state index contributed by atoms with van der Waals surface area (Å²) in [5, 5.41) is 0. The largest absolute Gasteiger partial charge is 0.462 e. The molecule has 0 aliphatic rings. The number of Topliss-reactive ketones (excluding diaryl/α,β-unsaturated/α-hetero) is 1. The first kappa shape index (κ1) is 22.0. The summed E-state index contributed by atoms with van der Waals surface area (Å²) >= 11 is 0. The first-order valence-corrected chi connectivity index (χ1v) is 10.1. The smallest absolute Gasteiger partial charge is 0.340 e. The van der Waals surface area contributed by atoms with E-state index in [1.54, 1.807) is 20.8 Å². The van der Waals surface area contributed by atoms with E-state index in [2.05, 4.69) is 4.98 Å². The van der Waals surface area contributed by atoms with Crippen LogP contribution in [0.5, 0.6) is 0 Å². The molecule has 6 nitrogen and oxygen atoms in total. The molecular formula is C25H25NO5. The van der Waals surface area contributed by atoms with Crippen LogP contribution in [0.4, 0.5) is 0 Å². The second-order valence-corrected chi connectivity index (χ2v) is 7.17. The Morgan fingerprint density at radius 3 is 2.06 bits per heavy atom. The molecule has 0 amide bonds. The Bertz CT molecular complexity index is 1080. The van der Waals surface area contributed by atoms with Crippen LogP contribution in [0.2, 0.25) is 0 Å². The third kappa shape index (κ3) is 5.28. The van der Waals surface area contributed by atoms with Gasteiger partial charge in [-0.2, -0.15) is 0 Å². The molecule has 3 aromatic rings. The van der Waals surface area contributed by atoms with Gasteiger partial charge in [-0.15, -0.1) is 0 Å². The highest BCUT2D eigenvalue weighted by atomic mass is 16.5. The van der Waals surface area contributed by atoms with Gasteiger partial charge in [0.2, 0.25) is 5.78 Å². The van der Waals surface area contributed by atoms with E-state index < -0.39 is 24.3 Å². The van der Waals surface area contributed by atoms with Crippen molar-refractivity contribution in [3.63, 3.8) is 0 Å². The summed E-state index contributed by atoms with van der Waals surface area (Å²) in [5.41, 5.74) is 4.42. The summed E-state index contributed by atoms with van der Waals surface area (Å²) in [7, 11) is 0. The molecular weight excluding hydrogens is 394 g/mol. The highest BCUT2D eigenvalue weighted by Gasteiger charge is 2.26. The summed E-state index contributed by atoms with van der Waals surface area (Å²) < 4.78 is 10.2. The van der Waals surface area contributed by atoms with Gasteiger partial charge in [0.25, 0.3) is 0 Å². The SMILES string of the molecule is CCOC(=O)c1c(C)[nH]c(C)c1C(=O)COC(=O)Cc1ccc(-c2ccccc2)cc1. The summed E-state index contributed by atoms with van der Waals surface area (Å²) in [4.78, 5) is 40.1. The monoisotopic (exact) mass is 419 g/mol. The average molecular weight is 419 g/mol. The molecule has 160 valence electrons. The number of aryl methyl sites for hydroxylation is 2. The van der Waals surface area contributed by atoms with Gasteiger partial charge in [-0.1, -0.05) is 54.6 Å². The molecule has 2 aromatic carbocycles. The summed E-state index contributed by atoms with van der Waals surface area (Å²) in [5.74, 6) is -1.53. The Morgan fingerprint density at radius 1 is 0.806 bits per heavy atom. The van der Waals surface area contributed by atoms with Gasteiger partial charge in [-0.3, -0.25) is 9.59 Å². The van der Waals surface area contributed by atoms with E-state index in [0.717, 1.165) is 16.7 Å². The van der Waals surface area contributed by atoms with Crippen LogP contribution in [0.3, 0.4) is 0 Å². The van der Waals surface area contributed by atoms with E-state index in [9.17, 15) is 14.4 Å². The molecule has 1 N–H and O–H groups in total. The second-order valence-electron chi connectivity index (χ2n) is 7.17. The van der Waals surface area contributed by atoms with Crippen molar-refractivity contribution in [3.8, 4) is 11.1 Å². The van der Waals surface area contributed by atoms with Crippen molar-refractivity contribution in [3.05, 3.63) is 82.7 Å². The molecule has 0 bridgehead atoms. The lowest BCUT2D eigenvalue weighted by Gasteiger charge is -2.08. The van der Waals surface area contributed by atoms with Gasteiger partial charge in [-0.25, -0.2) is 4.79 Å². The van der Waals surface area contributed by atoms with Crippen LogP contribution in [0.1, 0.15) is 44.6 Å². The Hall–Kier alpha value is -3.67. The third-order valence-electron chi connectivity index (χ3n) is 4.91. The minimum Gasteiger partial charge on any atom is -0.462 e. The number of carbonyl (C=O) groups excluding carboxylic acids is 3. The number of hydrogen-bond donors (Lipinski definition) is 1. The quantitative estimate of drug-likeness (QED) is 0.431. The maximum absolute atomic E-state index is 12.7. The van der Waals surface area contributed by atoms with Crippen molar-refractivity contribution < 1.29 is 23.9 Å². The Balaban J connectivity index is 1.61. The summed E-state index contributed by atoms with van der Waals surface area (Å²) in [6.07, 6.45) is 0.0538. The number of carbonyl (C=O) groups is 3. The van der Waals surface area contributed by atoms with Crippen LogP contribution in [-0.4, -0.2) is 35.9 Å². The fourth-order valence-electron chi connectivity index (χ4n) is 3.47. The molecule has 0 saturated heterocycles. The van der Waals surface area contributed by atoms with Gasteiger partial charge in [0, 0.05) is 11.4 Å². The minimum atomic E-state index is -0.572. The molecule has 3 rings (SSSR count). The van der Waals surface area contributed by atoms with Gasteiger partial charge in [-0.05, 0) is 37.5 Å². The van der Waals surface area contributed by atoms with Gasteiger partial charge >= 0.3 is 11.9 Å². The normalized spacial score (nSPS) is 10.5. The fourth-order valence-corrected chi connectivity index (χ4v) is 3.47. The summed E-state index contributed by atoms with van der Waals surface area (Å²) in [6, 6.07) is 17.6. The number of aromatic nitrogens is 1. The number of ketones is 1. The lowest BCUT2D eigenvalue weighted by Crippen LogP contribution is -2.19. The molecule has 0 aliphatic heterocycles. The second kappa shape index (κ2) is 9.89. The van der Waals surface area contributed by atoms with Crippen LogP contribution in [0.15, 0.2) is 54.6 Å². The van der Waals surface area contributed by atoms with Crippen molar-refractivity contribution >= 4 is 17.7 Å². The zero-order chi connectivity index (χ0) is 22.4. The molecule has 0 aliphatic carbocycles. The maximum Gasteiger partial charge on any atom is 0.340 e. The van der Waals surface area contributed by atoms with Crippen molar-refractivity contribution in [1.82, 2.24) is 4.98 Å². The van der Waals surface area contributed by atoms with Crippen LogP contribution in [0.25, 0.3) is 11.1 Å². The number of hydrogen-bond acceptors (Lipinski definition) is 5. The molecule has 6 heteroatoms. The van der Waals surface area contributed by atoms with E-state index in [4.69, 9.17) is 9.47 Å². The molecule has 0 radical (unpaired) electrons.